The Bertz CT molecular complexity index is 1850. The van der Waals surface area contributed by atoms with E-state index < -0.39 is 27.0 Å². The molecule has 43 heavy (non-hydrogen) atoms. The molecule has 0 radical (unpaired) electrons. The molecule has 3 aromatic carbocycles. The van der Waals surface area contributed by atoms with Crippen molar-refractivity contribution in [2.24, 2.45) is 5.41 Å². The van der Waals surface area contributed by atoms with Gasteiger partial charge in [-0.3, -0.25) is 14.4 Å². The van der Waals surface area contributed by atoms with Crippen LogP contribution in [0.4, 0.5) is 0 Å². The lowest BCUT2D eigenvalue weighted by Gasteiger charge is -2.69. The first-order valence-corrected chi connectivity index (χ1v) is 16.5. The Labute approximate surface area is 254 Å². The second-order valence-electron chi connectivity index (χ2n) is 12.6. The number of hydrogen-bond acceptors (Lipinski definition) is 6. The Hall–Kier alpha value is -3.80. The van der Waals surface area contributed by atoms with Crippen molar-refractivity contribution in [3.8, 4) is 0 Å². The van der Waals surface area contributed by atoms with E-state index in [-0.39, 0.29) is 35.2 Å². The number of nitrogens with one attached hydrogen (secondary N) is 2. The molecule has 4 aromatic rings. The van der Waals surface area contributed by atoms with E-state index >= 15 is 0 Å². The van der Waals surface area contributed by atoms with Crippen molar-refractivity contribution < 1.29 is 22.8 Å². The largest absolute Gasteiger partial charge is 0.339 e. The van der Waals surface area contributed by atoms with Gasteiger partial charge in [-0.15, -0.1) is 11.3 Å². The summed E-state index contributed by atoms with van der Waals surface area (Å²) in [4.78, 5) is 44.1. The second kappa shape index (κ2) is 10.4. The number of carbonyl (C=O) groups excluding carboxylic acids is 3. The van der Waals surface area contributed by atoms with E-state index in [0.717, 1.165) is 20.9 Å². The average Bonchev–Trinajstić information content (AvgIpc) is 3.41. The zero-order valence-corrected chi connectivity index (χ0v) is 26.1. The van der Waals surface area contributed by atoms with Crippen LogP contribution in [-0.2, 0) is 19.6 Å². The van der Waals surface area contributed by atoms with Gasteiger partial charge < -0.3 is 15.1 Å². The van der Waals surface area contributed by atoms with Crippen molar-refractivity contribution in [2.75, 3.05) is 19.6 Å². The first kappa shape index (κ1) is 29.3. The zero-order chi connectivity index (χ0) is 30.7. The molecule has 2 aliphatic heterocycles. The average molecular weight is 619 g/mol. The summed E-state index contributed by atoms with van der Waals surface area (Å²) in [6, 6.07) is 20.9. The topological polar surface area (TPSA) is 116 Å². The highest BCUT2D eigenvalue weighted by Crippen LogP contribution is 2.45. The summed E-state index contributed by atoms with van der Waals surface area (Å²) < 4.78 is 29.3. The molecule has 2 N–H and O–H groups in total. The van der Waals surface area contributed by atoms with Gasteiger partial charge in [-0.1, -0.05) is 69.3 Å². The lowest BCUT2D eigenvalue weighted by molar-refractivity contribution is -0.206. The van der Waals surface area contributed by atoms with Gasteiger partial charge in [0.2, 0.25) is 21.8 Å². The predicted molar refractivity (Wildman–Crippen MR) is 167 cm³/mol. The molecular weight excluding hydrogens is 585 g/mol. The lowest BCUT2D eigenvalue weighted by atomic mass is 9.70. The number of sulfonamides is 1. The molecule has 6 rings (SSSR count). The van der Waals surface area contributed by atoms with Crippen LogP contribution in [0.2, 0.25) is 0 Å². The van der Waals surface area contributed by atoms with Gasteiger partial charge in [0.1, 0.15) is 6.04 Å². The Morgan fingerprint density at radius 3 is 2.30 bits per heavy atom. The van der Waals surface area contributed by atoms with Crippen molar-refractivity contribution in [3.05, 3.63) is 77.7 Å². The number of piperazine rings is 1. The number of rotatable bonds is 7. The van der Waals surface area contributed by atoms with Crippen LogP contribution in [0.15, 0.2) is 77.7 Å². The summed E-state index contributed by atoms with van der Waals surface area (Å²) in [5, 5.41) is 5.68. The number of hydrogen-bond donors (Lipinski definition) is 2. The van der Waals surface area contributed by atoms with Gasteiger partial charge in [-0.05, 0) is 52.8 Å². The highest BCUT2D eigenvalue weighted by atomic mass is 32.2. The van der Waals surface area contributed by atoms with E-state index in [0.29, 0.717) is 18.0 Å². The normalized spacial score (nSPS) is 20.7. The van der Waals surface area contributed by atoms with Crippen LogP contribution < -0.4 is 10.0 Å². The highest BCUT2D eigenvalue weighted by Gasteiger charge is 2.65. The molecule has 3 amide bonds. The van der Waals surface area contributed by atoms with E-state index in [4.69, 9.17) is 0 Å². The molecule has 2 saturated heterocycles. The number of fused-ring (bicyclic) bond motifs is 3. The van der Waals surface area contributed by atoms with Crippen molar-refractivity contribution in [3.63, 3.8) is 0 Å². The fourth-order valence-corrected chi connectivity index (χ4v) is 7.97. The van der Waals surface area contributed by atoms with Crippen LogP contribution in [0, 0.1) is 5.41 Å². The van der Waals surface area contributed by atoms with Crippen LogP contribution in [0.3, 0.4) is 0 Å². The minimum atomic E-state index is -3.89. The standard InChI is InChI=1S/C32H34N4O5S2/c1-31(2,3)28(34-29(38)25-16-22-11-7-8-12-24(22)42-25)30(39)36-18-26-32(36,4)19-35(26)27(37)17-33-43(40,41)23-14-13-20-9-5-6-10-21(20)15-23/h5-16,26,28,33H,17-19H2,1-4H3,(H,34,38)/t26-,28?,32?/m1/s1. The predicted octanol–water partition coefficient (Wildman–Crippen LogP) is 3.99. The first-order valence-electron chi connectivity index (χ1n) is 14.2. The van der Waals surface area contributed by atoms with Gasteiger partial charge in [0.15, 0.2) is 0 Å². The van der Waals surface area contributed by atoms with E-state index in [1.165, 1.54) is 17.4 Å². The summed E-state index contributed by atoms with van der Waals surface area (Å²) in [6.45, 7) is 7.92. The number of nitrogens with zero attached hydrogens (tertiary/aromatic N) is 2. The van der Waals surface area contributed by atoms with Gasteiger partial charge >= 0.3 is 0 Å². The van der Waals surface area contributed by atoms with E-state index in [1.54, 1.807) is 21.9 Å². The molecule has 3 atom stereocenters. The Balaban J connectivity index is 1.08. The van der Waals surface area contributed by atoms with Crippen LogP contribution in [0.1, 0.15) is 37.4 Å². The summed E-state index contributed by atoms with van der Waals surface area (Å²) in [7, 11) is -3.89. The maximum absolute atomic E-state index is 13.8. The monoisotopic (exact) mass is 618 g/mol. The maximum Gasteiger partial charge on any atom is 0.262 e. The smallest absolute Gasteiger partial charge is 0.262 e. The first-order chi connectivity index (χ1) is 20.3. The van der Waals surface area contributed by atoms with E-state index in [1.807, 2.05) is 82.3 Å². The van der Waals surface area contributed by atoms with Gasteiger partial charge in [0.05, 0.1) is 27.9 Å². The molecule has 2 aliphatic rings. The third-order valence-electron chi connectivity index (χ3n) is 8.63. The summed E-state index contributed by atoms with van der Waals surface area (Å²) in [5.41, 5.74) is -1.12. The van der Waals surface area contributed by atoms with Crippen molar-refractivity contribution in [2.45, 2.75) is 50.2 Å². The minimum absolute atomic E-state index is 0.0961. The van der Waals surface area contributed by atoms with E-state index in [2.05, 4.69) is 10.0 Å². The maximum atomic E-state index is 13.8. The van der Waals surface area contributed by atoms with Crippen LogP contribution in [0.5, 0.6) is 0 Å². The van der Waals surface area contributed by atoms with Gasteiger partial charge in [-0.2, -0.15) is 0 Å². The van der Waals surface area contributed by atoms with Crippen molar-refractivity contribution >= 4 is 59.9 Å². The number of amides is 3. The zero-order valence-electron chi connectivity index (χ0n) is 24.5. The van der Waals surface area contributed by atoms with Crippen LogP contribution >= 0.6 is 11.3 Å². The van der Waals surface area contributed by atoms with Gasteiger partial charge in [-0.25, -0.2) is 13.1 Å². The molecule has 2 fully saturated rings. The minimum Gasteiger partial charge on any atom is -0.339 e. The number of likely N-dealkylation sites (tertiary alicyclic amines) is 2. The number of thiophene rings is 1. The third-order valence-corrected chi connectivity index (χ3v) is 11.1. The molecule has 0 bridgehead atoms. The second-order valence-corrected chi connectivity index (χ2v) is 15.4. The van der Waals surface area contributed by atoms with Crippen molar-refractivity contribution in [1.82, 2.24) is 19.8 Å². The summed E-state index contributed by atoms with van der Waals surface area (Å²) in [5.74, 6) is -0.824. The summed E-state index contributed by atoms with van der Waals surface area (Å²) in [6.07, 6.45) is 0. The third kappa shape index (κ3) is 5.19. The van der Waals surface area contributed by atoms with Crippen molar-refractivity contribution in [1.29, 1.82) is 0 Å². The number of carbonyl (C=O) groups is 3. The SMILES string of the molecule is CC(C)(C)C(NC(=O)c1cc2ccccc2s1)C(=O)N1C[C@H]2N(C(=O)CNS(=O)(=O)c3ccc4ccccc4c3)CC21C. The molecule has 3 heterocycles. The molecular formula is C32H34N4O5S2. The van der Waals surface area contributed by atoms with Crippen LogP contribution in [-0.4, -0.2) is 73.2 Å². The fourth-order valence-electron chi connectivity index (χ4n) is 5.99. The van der Waals surface area contributed by atoms with E-state index in [9.17, 15) is 22.8 Å². The van der Waals surface area contributed by atoms with Crippen LogP contribution in [0.25, 0.3) is 20.9 Å². The molecule has 11 heteroatoms. The lowest BCUT2D eigenvalue weighted by Crippen LogP contribution is -2.89. The molecule has 0 saturated carbocycles. The quantitative estimate of drug-likeness (QED) is 0.325. The summed E-state index contributed by atoms with van der Waals surface area (Å²) >= 11 is 1.39. The molecule has 224 valence electrons. The number of benzene rings is 3. The highest BCUT2D eigenvalue weighted by molar-refractivity contribution is 7.89. The van der Waals surface area contributed by atoms with Gasteiger partial charge in [0.25, 0.3) is 5.91 Å². The Kier molecular flexibility index (Phi) is 7.10. The Morgan fingerprint density at radius 1 is 0.977 bits per heavy atom. The molecule has 1 aromatic heterocycles. The molecule has 2 unspecified atom stereocenters. The molecule has 0 aliphatic carbocycles. The van der Waals surface area contributed by atoms with Gasteiger partial charge in [0, 0.05) is 17.8 Å². The molecule has 9 nitrogen and oxygen atoms in total. The molecule has 0 spiro atoms. The fraction of sp³-hybridized carbons (Fsp3) is 0.344. The Morgan fingerprint density at radius 2 is 1.65 bits per heavy atom.